The third-order valence-electron chi connectivity index (χ3n) is 3.72. The summed E-state index contributed by atoms with van der Waals surface area (Å²) >= 11 is 0. The lowest BCUT2D eigenvalue weighted by molar-refractivity contribution is -0.113. The van der Waals surface area contributed by atoms with E-state index in [2.05, 4.69) is 16.4 Å². The molecule has 3 rings (SSSR count). The van der Waals surface area contributed by atoms with E-state index < -0.39 is 5.91 Å². The zero-order valence-electron chi connectivity index (χ0n) is 15.7. The number of hydrogen-bond donors (Lipinski definition) is 2. The highest BCUT2D eigenvalue weighted by Gasteiger charge is 2.03. The third kappa shape index (κ3) is 7.66. The van der Waals surface area contributed by atoms with E-state index in [4.69, 9.17) is 5.73 Å². The average Bonchev–Trinajstić information content (AvgIpc) is 2.72. The van der Waals surface area contributed by atoms with Crippen molar-refractivity contribution < 1.29 is 9.59 Å². The number of pyridine rings is 1. The summed E-state index contributed by atoms with van der Waals surface area (Å²) in [7, 11) is 0. The summed E-state index contributed by atoms with van der Waals surface area (Å²) in [5.74, 6) is -0.478. The molecule has 0 aliphatic rings. The molecule has 0 aliphatic carbocycles. The molecule has 0 saturated carbocycles. The van der Waals surface area contributed by atoms with Crippen LogP contribution in [0.2, 0.25) is 0 Å². The second kappa shape index (κ2) is 11.1. The molecule has 0 saturated heterocycles. The van der Waals surface area contributed by atoms with E-state index in [1.807, 2.05) is 55.5 Å². The molecule has 3 N–H and O–H groups in total. The fourth-order valence-corrected chi connectivity index (χ4v) is 2.35. The van der Waals surface area contributed by atoms with Crippen LogP contribution in [0.4, 0.5) is 0 Å². The van der Waals surface area contributed by atoms with Crippen molar-refractivity contribution in [1.82, 2.24) is 10.3 Å². The lowest BCUT2D eigenvalue weighted by Crippen LogP contribution is -2.22. The van der Waals surface area contributed by atoms with Crippen LogP contribution in [-0.4, -0.2) is 16.8 Å². The van der Waals surface area contributed by atoms with Gasteiger partial charge < -0.3 is 11.1 Å². The van der Waals surface area contributed by atoms with Gasteiger partial charge in [0.05, 0.1) is 0 Å². The van der Waals surface area contributed by atoms with Crippen LogP contribution in [0.15, 0.2) is 85.2 Å². The van der Waals surface area contributed by atoms with Crippen molar-refractivity contribution in [3.05, 3.63) is 107 Å². The lowest BCUT2D eigenvalue weighted by Gasteiger charge is -2.05. The summed E-state index contributed by atoms with van der Waals surface area (Å²) in [5.41, 5.74) is 8.83. The number of nitrogens with one attached hydrogen (secondary N) is 1. The van der Waals surface area contributed by atoms with Gasteiger partial charge >= 0.3 is 0 Å². The fraction of sp³-hybridized carbons (Fsp3) is 0.0870. The van der Waals surface area contributed by atoms with E-state index in [-0.39, 0.29) is 5.91 Å². The topological polar surface area (TPSA) is 85.1 Å². The highest BCUT2D eigenvalue weighted by atomic mass is 16.1. The Morgan fingerprint density at radius 2 is 1.71 bits per heavy atom. The molecule has 5 heteroatoms. The van der Waals surface area contributed by atoms with Gasteiger partial charge in [0.15, 0.2) is 0 Å². The molecule has 142 valence electrons. The number of benzene rings is 2. The van der Waals surface area contributed by atoms with Gasteiger partial charge in [0.1, 0.15) is 0 Å². The largest absolute Gasteiger partial charge is 0.366 e. The van der Waals surface area contributed by atoms with Crippen molar-refractivity contribution in [3.63, 3.8) is 0 Å². The van der Waals surface area contributed by atoms with Gasteiger partial charge in [0.25, 0.3) is 5.91 Å². The molecule has 0 atom stereocenters. The van der Waals surface area contributed by atoms with Crippen LogP contribution in [-0.2, 0) is 11.3 Å². The maximum atomic E-state index is 11.8. The summed E-state index contributed by atoms with van der Waals surface area (Å²) in [6.07, 6.45) is 6.26. The summed E-state index contributed by atoms with van der Waals surface area (Å²) in [5, 5.41) is 2.90. The number of rotatable bonds is 5. The van der Waals surface area contributed by atoms with E-state index in [9.17, 15) is 9.59 Å². The van der Waals surface area contributed by atoms with Crippen LogP contribution in [0.25, 0.3) is 6.08 Å². The number of nitrogens with two attached hydrogens (primary N) is 1. The fourth-order valence-electron chi connectivity index (χ4n) is 2.35. The van der Waals surface area contributed by atoms with E-state index in [0.717, 1.165) is 11.1 Å². The van der Waals surface area contributed by atoms with Crippen molar-refractivity contribution in [2.75, 3.05) is 0 Å². The van der Waals surface area contributed by atoms with Gasteiger partial charge in [-0.05, 0) is 48.4 Å². The maximum Gasteiger partial charge on any atom is 0.251 e. The van der Waals surface area contributed by atoms with Crippen LogP contribution in [0.3, 0.4) is 0 Å². The molecule has 0 bridgehead atoms. The summed E-state index contributed by atoms with van der Waals surface area (Å²) in [4.78, 5) is 25.9. The molecular formula is C23H23N3O2. The number of aryl methyl sites for hydroxylation is 1. The number of carbonyl (C=O) groups is 2. The Bertz CT molecular complexity index is 923. The lowest BCUT2D eigenvalue weighted by atomic mass is 10.1. The van der Waals surface area contributed by atoms with Crippen molar-refractivity contribution in [3.8, 4) is 0 Å². The van der Waals surface area contributed by atoms with Crippen LogP contribution in [0, 0.1) is 6.92 Å². The first-order chi connectivity index (χ1) is 13.5. The first kappa shape index (κ1) is 20.6. The molecule has 0 spiro atoms. The molecule has 28 heavy (non-hydrogen) atoms. The van der Waals surface area contributed by atoms with Gasteiger partial charge in [-0.25, -0.2) is 0 Å². The van der Waals surface area contributed by atoms with Gasteiger partial charge in [-0.15, -0.1) is 0 Å². The number of hydrogen-bond acceptors (Lipinski definition) is 3. The summed E-state index contributed by atoms with van der Waals surface area (Å²) in [6.45, 7) is 2.61. The highest BCUT2D eigenvalue weighted by Crippen LogP contribution is 2.04. The highest BCUT2D eigenvalue weighted by molar-refractivity contribution is 5.94. The van der Waals surface area contributed by atoms with E-state index in [0.29, 0.717) is 12.1 Å². The second-order valence-corrected chi connectivity index (χ2v) is 6.05. The van der Waals surface area contributed by atoms with Crippen LogP contribution < -0.4 is 11.1 Å². The monoisotopic (exact) mass is 373 g/mol. The maximum absolute atomic E-state index is 11.8. The van der Waals surface area contributed by atoms with Crippen molar-refractivity contribution >= 4 is 17.9 Å². The van der Waals surface area contributed by atoms with Crippen LogP contribution >= 0.6 is 0 Å². The molecular weight excluding hydrogens is 350 g/mol. The molecule has 1 aromatic heterocycles. The minimum absolute atomic E-state index is 0.0351. The first-order valence-corrected chi connectivity index (χ1v) is 8.81. The predicted octanol–water partition coefficient (Wildman–Crippen LogP) is 3.51. The van der Waals surface area contributed by atoms with Gasteiger partial charge in [-0.1, -0.05) is 48.0 Å². The molecule has 0 aliphatic heterocycles. The SMILES string of the molecule is Cc1cccc(CNC(=O)c2ccccc2)c1.NC(=O)/C=C/c1ccncc1. The molecule has 3 aromatic rings. The van der Waals surface area contributed by atoms with Gasteiger partial charge in [-0.3, -0.25) is 14.6 Å². The van der Waals surface area contributed by atoms with Gasteiger partial charge in [-0.2, -0.15) is 0 Å². The molecule has 0 fully saturated rings. The summed E-state index contributed by atoms with van der Waals surface area (Å²) < 4.78 is 0. The normalized spacial score (nSPS) is 10.0. The van der Waals surface area contributed by atoms with Crippen molar-refractivity contribution in [2.45, 2.75) is 13.5 Å². The average molecular weight is 373 g/mol. The predicted molar refractivity (Wildman–Crippen MR) is 111 cm³/mol. The first-order valence-electron chi connectivity index (χ1n) is 8.81. The third-order valence-corrected chi connectivity index (χ3v) is 3.72. The smallest absolute Gasteiger partial charge is 0.251 e. The Hall–Kier alpha value is -3.73. The minimum Gasteiger partial charge on any atom is -0.366 e. The molecule has 2 aromatic carbocycles. The number of carbonyl (C=O) groups excluding carboxylic acids is 2. The van der Waals surface area contributed by atoms with E-state index in [1.54, 1.807) is 30.6 Å². The zero-order chi connectivity index (χ0) is 20.2. The molecule has 0 unspecified atom stereocenters. The Labute approximate surface area is 164 Å². The van der Waals surface area contributed by atoms with Crippen LogP contribution in [0.1, 0.15) is 27.0 Å². The van der Waals surface area contributed by atoms with Crippen molar-refractivity contribution in [1.29, 1.82) is 0 Å². The number of primary amides is 1. The summed E-state index contributed by atoms with van der Waals surface area (Å²) in [6, 6.07) is 21.0. The number of amides is 2. The Balaban J connectivity index is 0.000000221. The zero-order valence-corrected chi connectivity index (χ0v) is 15.7. The van der Waals surface area contributed by atoms with E-state index in [1.165, 1.54) is 11.6 Å². The molecule has 5 nitrogen and oxygen atoms in total. The Kier molecular flexibility index (Phi) is 8.15. The molecule has 0 radical (unpaired) electrons. The quantitative estimate of drug-likeness (QED) is 0.671. The number of aromatic nitrogens is 1. The Morgan fingerprint density at radius 3 is 2.36 bits per heavy atom. The Morgan fingerprint density at radius 1 is 1.00 bits per heavy atom. The number of nitrogens with zero attached hydrogens (tertiary/aromatic N) is 1. The standard InChI is InChI=1S/C15H15NO.C8H8N2O/c1-12-6-5-7-13(10-12)11-16-15(17)14-8-3-2-4-9-14;9-8(11)2-1-7-3-5-10-6-4-7/h2-10H,11H2,1H3,(H,16,17);1-6H,(H2,9,11)/b;2-1+. The van der Waals surface area contributed by atoms with Gasteiger partial charge in [0, 0.05) is 30.6 Å². The van der Waals surface area contributed by atoms with Crippen molar-refractivity contribution in [2.24, 2.45) is 5.73 Å². The molecule has 2 amide bonds. The second-order valence-electron chi connectivity index (χ2n) is 6.05. The van der Waals surface area contributed by atoms with E-state index >= 15 is 0 Å². The molecule has 1 heterocycles. The van der Waals surface area contributed by atoms with Crippen LogP contribution in [0.5, 0.6) is 0 Å². The van der Waals surface area contributed by atoms with Gasteiger partial charge in [0.2, 0.25) is 5.91 Å². The minimum atomic E-state index is -0.443.